The summed E-state index contributed by atoms with van der Waals surface area (Å²) >= 11 is 0. The molecule has 1 fully saturated rings. The molecule has 1 atom stereocenters. The van der Waals surface area contributed by atoms with Crippen LogP contribution in [-0.2, 0) is 4.74 Å². The predicted molar refractivity (Wildman–Crippen MR) is 63.2 cm³/mol. The molecule has 7 heteroatoms. The average Bonchev–Trinajstić information content (AvgIpc) is 2.39. The SMILES string of the molecule is Cc1cnc(N2CCOC(C#N)C2)cc1[N+](=O)[O-]. The number of anilines is 1. The van der Waals surface area contributed by atoms with E-state index in [2.05, 4.69) is 4.98 Å². The molecule has 2 heterocycles. The van der Waals surface area contributed by atoms with Gasteiger partial charge < -0.3 is 9.64 Å². The Kier molecular flexibility index (Phi) is 3.39. The zero-order chi connectivity index (χ0) is 13.1. The van der Waals surface area contributed by atoms with Gasteiger partial charge in [0.1, 0.15) is 5.82 Å². The average molecular weight is 248 g/mol. The molecule has 1 unspecified atom stereocenters. The quantitative estimate of drug-likeness (QED) is 0.573. The van der Waals surface area contributed by atoms with E-state index in [1.807, 2.05) is 11.0 Å². The number of morpholine rings is 1. The fraction of sp³-hybridized carbons (Fsp3) is 0.455. The molecule has 1 aromatic rings. The van der Waals surface area contributed by atoms with Crippen LogP contribution in [0, 0.1) is 28.4 Å². The molecular formula is C11H12N4O3. The molecule has 1 aliphatic heterocycles. The lowest BCUT2D eigenvalue weighted by molar-refractivity contribution is -0.385. The monoisotopic (exact) mass is 248 g/mol. The molecule has 18 heavy (non-hydrogen) atoms. The van der Waals surface area contributed by atoms with Crippen LogP contribution in [0.15, 0.2) is 12.3 Å². The van der Waals surface area contributed by atoms with Crippen molar-refractivity contribution in [2.24, 2.45) is 0 Å². The summed E-state index contributed by atoms with van der Waals surface area (Å²) in [6, 6.07) is 3.47. The highest BCUT2D eigenvalue weighted by Crippen LogP contribution is 2.23. The van der Waals surface area contributed by atoms with Gasteiger partial charge in [-0.05, 0) is 6.92 Å². The van der Waals surface area contributed by atoms with Crippen molar-refractivity contribution in [3.05, 3.63) is 27.9 Å². The molecule has 94 valence electrons. The van der Waals surface area contributed by atoms with Crippen LogP contribution in [0.3, 0.4) is 0 Å². The fourth-order valence-corrected chi connectivity index (χ4v) is 1.81. The second-order valence-electron chi connectivity index (χ2n) is 4.02. The van der Waals surface area contributed by atoms with Gasteiger partial charge in [-0.2, -0.15) is 5.26 Å². The maximum absolute atomic E-state index is 10.9. The molecule has 0 aromatic carbocycles. The fourth-order valence-electron chi connectivity index (χ4n) is 1.81. The molecule has 0 amide bonds. The molecule has 1 aliphatic rings. The zero-order valence-corrected chi connectivity index (χ0v) is 9.87. The topological polar surface area (TPSA) is 92.3 Å². The number of aromatic nitrogens is 1. The Labute approximate surface area is 104 Å². The molecule has 0 saturated carbocycles. The van der Waals surface area contributed by atoms with E-state index in [-0.39, 0.29) is 5.69 Å². The third-order valence-corrected chi connectivity index (χ3v) is 2.79. The second kappa shape index (κ2) is 4.98. The number of hydrogen-bond donors (Lipinski definition) is 0. The molecule has 2 rings (SSSR count). The Bertz CT molecular complexity index is 512. The molecule has 0 aliphatic carbocycles. The number of pyridine rings is 1. The van der Waals surface area contributed by atoms with Gasteiger partial charge in [-0.1, -0.05) is 0 Å². The molecule has 0 radical (unpaired) electrons. The number of nitro groups is 1. The Morgan fingerprint density at radius 1 is 1.72 bits per heavy atom. The zero-order valence-electron chi connectivity index (χ0n) is 9.87. The molecule has 0 bridgehead atoms. The Hall–Kier alpha value is -2.20. The van der Waals surface area contributed by atoms with Crippen LogP contribution in [0.1, 0.15) is 5.56 Å². The second-order valence-corrected chi connectivity index (χ2v) is 4.02. The van der Waals surface area contributed by atoms with Crippen molar-refractivity contribution in [2.45, 2.75) is 13.0 Å². The van der Waals surface area contributed by atoms with Crippen LogP contribution in [-0.4, -0.2) is 35.7 Å². The highest BCUT2D eigenvalue weighted by molar-refractivity contribution is 5.51. The summed E-state index contributed by atoms with van der Waals surface area (Å²) in [5, 5.41) is 19.7. The van der Waals surface area contributed by atoms with Gasteiger partial charge in [0.05, 0.1) is 30.2 Å². The van der Waals surface area contributed by atoms with Crippen molar-refractivity contribution in [1.82, 2.24) is 4.98 Å². The molecule has 7 nitrogen and oxygen atoms in total. The number of hydrogen-bond acceptors (Lipinski definition) is 6. The minimum atomic E-state index is -0.513. The largest absolute Gasteiger partial charge is 0.360 e. The maximum atomic E-state index is 10.9. The van der Waals surface area contributed by atoms with Gasteiger partial charge in [0, 0.05) is 18.3 Å². The van der Waals surface area contributed by atoms with E-state index in [4.69, 9.17) is 10.00 Å². The summed E-state index contributed by atoms with van der Waals surface area (Å²) in [6.45, 7) is 3.02. The van der Waals surface area contributed by atoms with E-state index in [0.717, 1.165) is 0 Å². The van der Waals surface area contributed by atoms with Crippen LogP contribution in [0.5, 0.6) is 0 Å². The molecule has 0 spiro atoms. The first-order valence-corrected chi connectivity index (χ1v) is 5.49. The van der Waals surface area contributed by atoms with Crippen LogP contribution >= 0.6 is 0 Å². The Morgan fingerprint density at radius 3 is 3.17 bits per heavy atom. The summed E-state index contributed by atoms with van der Waals surface area (Å²) in [5.74, 6) is 0.510. The third-order valence-electron chi connectivity index (χ3n) is 2.79. The van der Waals surface area contributed by atoms with Crippen LogP contribution < -0.4 is 4.90 Å². The first-order valence-electron chi connectivity index (χ1n) is 5.49. The van der Waals surface area contributed by atoms with E-state index >= 15 is 0 Å². The van der Waals surface area contributed by atoms with Gasteiger partial charge in [0.2, 0.25) is 0 Å². The predicted octanol–water partition coefficient (Wildman–Crippen LogP) is 1.03. The summed E-state index contributed by atoms with van der Waals surface area (Å²) < 4.78 is 5.22. The lowest BCUT2D eigenvalue weighted by Gasteiger charge is -2.30. The molecular weight excluding hydrogens is 236 g/mol. The lowest BCUT2D eigenvalue weighted by atomic mass is 10.2. The van der Waals surface area contributed by atoms with Crippen LogP contribution in [0.4, 0.5) is 11.5 Å². The Balaban J connectivity index is 2.26. The number of aryl methyl sites for hydroxylation is 1. The van der Waals surface area contributed by atoms with Crippen molar-refractivity contribution in [1.29, 1.82) is 5.26 Å². The maximum Gasteiger partial charge on any atom is 0.277 e. The summed E-state index contributed by atoms with van der Waals surface area (Å²) in [7, 11) is 0. The number of rotatable bonds is 2. The van der Waals surface area contributed by atoms with E-state index in [1.165, 1.54) is 12.3 Å². The molecule has 1 aromatic heterocycles. The minimum absolute atomic E-state index is 0.0417. The van der Waals surface area contributed by atoms with E-state index in [9.17, 15) is 10.1 Å². The van der Waals surface area contributed by atoms with Gasteiger partial charge >= 0.3 is 0 Å². The highest BCUT2D eigenvalue weighted by atomic mass is 16.6. The highest BCUT2D eigenvalue weighted by Gasteiger charge is 2.23. The number of nitrogens with zero attached hydrogens (tertiary/aromatic N) is 4. The van der Waals surface area contributed by atoms with Gasteiger partial charge in [-0.3, -0.25) is 10.1 Å². The van der Waals surface area contributed by atoms with E-state index in [0.29, 0.717) is 31.1 Å². The minimum Gasteiger partial charge on any atom is -0.360 e. The Morgan fingerprint density at radius 2 is 2.50 bits per heavy atom. The van der Waals surface area contributed by atoms with E-state index in [1.54, 1.807) is 6.92 Å². The van der Waals surface area contributed by atoms with E-state index < -0.39 is 11.0 Å². The smallest absolute Gasteiger partial charge is 0.277 e. The first-order chi connectivity index (χ1) is 8.61. The summed E-state index contributed by atoms with van der Waals surface area (Å²) in [5.41, 5.74) is 0.564. The lowest BCUT2D eigenvalue weighted by Crippen LogP contribution is -2.42. The van der Waals surface area contributed by atoms with Gasteiger partial charge in [0.25, 0.3) is 5.69 Å². The van der Waals surface area contributed by atoms with Crippen molar-refractivity contribution in [3.8, 4) is 6.07 Å². The van der Waals surface area contributed by atoms with Crippen molar-refractivity contribution in [3.63, 3.8) is 0 Å². The normalized spacial score (nSPS) is 19.3. The number of nitriles is 1. The molecule has 0 N–H and O–H groups in total. The standard InChI is InChI=1S/C11H12N4O3/c1-8-6-13-11(4-10(8)15(16)17)14-2-3-18-9(5-12)7-14/h4,6,9H,2-3,7H2,1H3. The molecule has 1 saturated heterocycles. The van der Waals surface area contributed by atoms with Gasteiger partial charge in [-0.25, -0.2) is 4.98 Å². The summed E-state index contributed by atoms with van der Waals surface area (Å²) in [6.07, 6.45) is 0.963. The number of ether oxygens (including phenoxy) is 1. The van der Waals surface area contributed by atoms with Crippen molar-refractivity contribution in [2.75, 3.05) is 24.6 Å². The summed E-state index contributed by atoms with van der Waals surface area (Å²) in [4.78, 5) is 16.4. The van der Waals surface area contributed by atoms with Crippen molar-refractivity contribution < 1.29 is 9.66 Å². The van der Waals surface area contributed by atoms with Crippen LogP contribution in [0.2, 0.25) is 0 Å². The van der Waals surface area contributed by atoms with Gasteiger partial charge in [-0.15, -0.1) is 0 Å². The van der Waals surface area contributed by atoms with Gasteiger partial charge in [0.15, 0.2) is 6.10 Å². The first kappa shape index (κ1) is 12.3. The van der Waals surface area contributed by atoms with Crippen molar-refractivity contribution >= 4 is 11.5 Å². The van der Waals surface area contributed by atoms with Crippen LogP contribution in [0.25, 0.3) is 0 Å². The third kappa shape index (κ3) is 2.38.